The maximum Gasteiger partial charge on any atom is 0.309 e. The Morgan fingerprint density at radius 3 is 2.32 bits per heavy atom. The van der Waals surface area contributed by atoms with Gasteiger partial charge in [0.05, 0.1) is 4.90 Å². The van der Waals surface area contributed by atoms with Gasteiger partial charge in [-0.1, -0.05) is 17.7 Å². The molecule has 9 heteroatoms. The molecule has 134 valence electrons. The third kappa shape index (κ3) is 4.81. The second-order valence-corrected chi connectivity index (χ2v) is 8.62. The van der Waals surface area contributed by atoms with Gasteiger partial charge < -0.3 is 10.6 Å². The van der Waals surface area contributed by atoms with Crippen molar-refractivity contribution in [2.75, 3.05) is 13.1 Å². The lowest BCUT2D eigenvalue weighted by molar-refractivity contribution is -0.139. The zero-order valence-corrected chi connectivity index (χ0v) is 15.7. The van der Waals surface area contributed by atoms with E-state index in [0.29, 0.717) is 16.4 Å². The number of benzene rings is 1. The van der Waals surface area contributed by atoms with E-state index in [1.165, 1.54) is 35.6 Å². The molecule has 0 spiro atoms. The number of carbonyl (C=O) groups excluding carboxylic acids is 2. The monoisotopic (exact) mass is 400 g/mol. The SMILES string of the molecule is CCNC(=O)C(=O)NC[C@@H](c1cccs1)S(=O)(=O)c1ccc(Cl)cc1. The van der Waals surface area contributed by atoms with Crippen LogP contribution in [0.3, 0.4) is 0 Å². The number of hydrogen-bond acceptors (Lipinski definition) is 5. The lowest BCUT2D eigenvalue weighted by Gasteiger charge is -2.17. The van der Waals surface area contributed by atoms with Crippen molar-refractivity contribution in [2.45, 2.75) is 17.1 Å². The molecule has 0 aliphatic heterocycles. The van der Waals surface area contributed by atoms with Crippen molar-refractivity contribution < 1.29 is 18.0 Å². The van der Waals surface area contributed by atoms with Gasteiger partial charge in [-0.05, 0) is 42.6 Å². The van der Waals surface area contributed by atoms with Gasteiger partial charge in [0.15, 0.2) is 9.84 Å². The van der Waals surface area contributed by atoms with E-state index < -0.39 is 26.9 Å². The first kappa shape index (κ1) is 19.4. The average Bonchev–Trinajstić information content (AvgIpc) is 3.09. The van der Waals surface area contributed by atoms with Crippen LogP contribution in [0.2, 0.25) is 5.02 Å². The minimum absolute atomic E-state index is 0.0996. The molecular formula is C16H17ClN2O4S2. The van der Waals surface area contributed by atoms with Crippen LogP contribution in [0.25, 0.3) is 0 Å². The zero-order chi connectivity index (χ0) is 18.4. The third-order valence-corrected chi connectivity index (χ3v) is 6.85. The number of hydrogen-bond donors (Lipinski definition) is 2. The molecule has 1 atom stereocenters. The van der Waals surface area contributed by atoms with Gasteiger partial charge in [-0.2, -0.15) is 0 Å². The summed E-state index contributed by atoms with van der Waals surface area (Å²) in [5.41, 5.74) is 0. The highest BCUT2D eigenvalue weighted by Crippen LogP contribution is 2.31. The van der Waals surface area contributed by atoms with Crippen molar-refractivity contribution in [1.82, 2.24) is 10.6 Å². The standard InChI is InChI=1S/C16H17ClN2O4S2/c1-2-18-15(20)16(21)19-10-14(13-4-3-9-24-13)25(22,23)12-7-5-11(17)6-8-12/h3-9,14H,2,10H2,1H3,(H,18,20)(H,19,21)/t14-/m0/s1. The van der Waals surface area contributed by atoms with E-state index in [1.807, 2.05) is 0 Å². The highest BCUT2D eigenvalue weighted by atomic mass is 35.5. The highest BCUT2D eigenvalue weighted by Gasteiger charge is 2.31. The molecule has 0 unspecified atom stereocenters. The van der Waals surface area contributed by atoms with E-state index in [0.717, 1.165) is 0 Å². The quantitative estimate of drug-likeness (QED) is 0.727. The van der Waals surface area contributed by atoms with E-state index in [2.05, 4.69) is 10.6 Å². The Balaban J connectivity index is 2.26. The second kappa shape index (κ2) is 8.46. The molecule has 2 N–H and O–H groups in total. The van der Waals surface area contributed by atoms with Crippen molar-refractivity contribution in [2.24, 2.45) is 0 Å². The van der Waals surface area contributed by atoms with Crippen LogP contribution >= 0.6 is 22.9 Å². The maximum absolute atomic E-state index is 13.0. The summed E-state index contributed by atoms with van der Waals surface area (Å²) in [6.45, 7) is 1.79. The molecule has 25 heavy (non-hydrogen) atoms. The lowest BCUT2D eigenvalue weighted by atomic mass is 10.3. The summed E-state index contributed by atoms with van der Waals surface area (Å²) in [6.07, 6.45) is 0. The molecule has 0 fully saturated rings. The van der Waals surface area contributed by atoms with Gasteiger partial charge in [0.1, 0.15) is 5.25 Å². The van der Waals surface area contributed by atoms with E-state index in [9.17, 15) is 18.0 Å². The van der Waals surface area contributed by atoms with Gasteiger partial charge in [0.25, 0.3) is 0 Å². The minimum Gasteiger partial charge on any atom is -0.348 e. The molecule has 1 heterocycles. The van der Waals surface area contributed by atoms with Crippen molar-refractivity contribution in [3.63, 3.8) is 0 Å². The van der Waals surface area contributed by atoms with Crippen LogP contribution < -0.4 is 10.6 Å². The molecule has 2 aromatic rings. The molecule has 0 saturated carbocycles. The number of likely N-dealkylation sites (N-methyl/N-ethyl adjacent to an activating group) is 1. The summed E-state index contributed by atoms with van der Waals surface area (Å²) < 4.78 is 25.9. The number of thiophene rings is 1. The fourth-order valence-corrected chi connectivity index (χ4v) is 5.04. The summed E-state index contributed by atoms with van der Waals surface area (Å²) in [7, 11) is -3.77. The first-order chi connectivity index (χ1) is 11.9. The van der Waals surface area contributed by atoms with E-state index in [1.54, 1.807) is 24.4 Å². The van der Waals surface area contributed by atoms with Gasteiger partial charge in [0, 0.05) is 23.0 Å². The third-order valence-electron chi connectivity index (χ3n) is 3.37. The van der Waals surface area contributed by atoms with Crippen LogP contribution in [0.15, 0.2) is 46.7 Å². The van der Waals surface area contributed by atoms with Crippen LogP contribution in [0.5, 0.6) is 0 Å². The lowest BCUT2D eigenvalue weighted by Crippen LogP contribution is -2.42. The predicted octanol–water partition coefficient (Wildman–Crippen LogP) is 2.17. The first-order valence-corrected chi connectivity index (χ1v) is 10.3. The Kier molecular flexibility index (Phi) is 6.57. The molecule has 1 aromatic carbocycles. The molecule has 2 rings (SSSR count). The van der Waals surface area contributed by atoms with E-state index >= 15 is 0 Å². The smallest absolute Gasteiger partial charge is 0.309 e. The average molecular weight is 401 g/mol. The van der Waals surface area contributed by atoms with Crippen molar-refractivity contribution in [3.05, 3.63) is 51.7 Å². The van der Waals surface area contributed by atoms with Crippen LogP contribution in [-0.2, 0) is 19.4 Å². The van der Waals surface area contributed by atoms with Crippen LogP contribution in [0.1, 0.15) is 17.1 Å². The van der Waals surface area contributed by atoms with Gasteiger partial charge in [-0.25, -0.2) is 8.42 Å². The van der Waals surface area contributed by atoms with Gasteiger partial charge in [-0.3, -0.25) is 9.59 Å². The Bertz CT molecular complexity index is 834. The molecular weight excluding hydrogens is 384 g/mol. The second-order valence-electron chi connectivity index (χ2n) is 5.07. The summed E-state index contributed by atoms with van der Waals surface area (Å²) in [5.74, 6) is -1.66. The number of sulfone groups is 1. The summed E-state index contributed by atoms with van der Waals surface area (Å²) in [5, 5.41) is 5.95. The van der Waals surface area contributed by atoms with E-state index in [-0.39, 0.29) is 11.4 Å². The number of carbonyl (C=O) groups is 2. The Morgan fingerprint density at radius 1 is 1.12 bits per heavy atom. The van der Waals surface area contributed by atoms with Gasteiger partial charge in [-0.15, -0.1) is 11.3 Å². The molecule has 1 aromatic heterocycles. The summed E-state index contributed by atoms with van der Waals surface area (Å²) >= 11 is 7.08. The number of nitrogens with one attached hydrogen (secondary N) is 2. The molecule has 2 amide bonds. The Hall–Kier alpha value is -1.90. The molecule has 6 nitrogen and oxygen atoms in total. The Labute approximate surface area is 155 Å². The summed E-state index contributed by atoms with van der Waals surface area (Å²) in [6, 6.07) is 9.24. The maximum atomic E-state index is 13.0. The van der Waals surface area contributed by atoms with Crippen LogP contribution in [0.4, 0.5) is 0 Å². The molecule has 0 saturated heterocycles. The van der Waals surface area contributed by atoms with Gasteiger partial charge in [0.2, 0.25) is 0 Å². The van der Waals surface area contributed by atoms with Gasteiger partial charge >= 0.3 is 11.8 Å². The van der Waals surface area contributed by atoms with Crippen molar-refractivity contribution >= 4 is 44.6 Å². The highest BCUT2D eigenvalue weighted by molar-refractivity contribution is 7.91. The molecule has 0 bridgehead atoms. The topological polar surface area (TPSA) is 92.3 Å². The molecule has 0 aliphatic rings. The fourth-order valence-electron chi connectivity index (χ4n) is 2.13. The van der Waals surface area contributed by atoms with Crippen molar-refractivity contribution in [1.29, 1.82) is 0 Å². The summed E-state index contributed by atoms with van der Waals surface area (Å²) in [4.78, 5) is 24.0. The largest absolute Gasteiger partial charge is 0.348 e. The predicted molar refractivity (Wildman–Crippen MR) is 97.4 cm³/mol. The van der Waals surface area contributed by atoms with Crippen LogP contribution in [-0.4, -0.2) is 33.3 Å². The number of rotatable bonds is 6. The number of halogens is 1. The van der Waals surface area contributed by atoms with E-state index in [4.69, 9.17) is 11.6 Å². The first-order valence-electron chi connectivity index (χ1n) is 7.45. The Morgan fingerprint density at radius 2 is 1.76 bits per heavy atom. The van der Waals surface area contributed by atoms with Crippen LogP contribution in [0, 0.1) is 0 Å². The zero-order valence-electron chi connectivity index (χ0n) is 13.4. The minimum atomic E-state index is -3.77. The van der Waals surface area contributed by atoms with Crippen molar-refractivity contribution in [3.8, 4) is 0 Å². The molecule has 0 radical (unpaired) electrons. The molecule has 0 aliphatic carbocycles. The fraction of sp³-hybridized carbons (Fsp3) is 0.250. The number of amides is 2. The normalized spacial score (nSPS) is 12.4.